The maximum Gasteiger partial charge on any atom is 0.119 e. The zero-order valence-electron chi connectivity index (χ0n) is 13.6. The van der Waals surface area contributed by atoms with E-state index in [4.69, 9.17) is 4.74 Å². The Labute approximate surface area is 128 Å². The first-order valence-corrected chi connectivity index (χ1v) is 7.48. The first kappa shape index (κ1) is 15.6. The zero-order valence-corrected chi connectivity index (χ0v) is 13.6. The van der Waals surface area contributed by atoms with Crippen molar-refractivity contribution in [2.24, 2.45) is 0 Å². The van der Waals surface area contributed by atoms with Crippen LogP contribution in [0.15, 0.2) is 42.5 Å². The second kappa shape index (κ2) is 6.77. The number of benzene rings is 2. The van der Waals surface area contributed by atoms with Crippen LogP contribution in [0, 0.1) is 13.8 Å². The van der Waals surface area contributed by atoms with Crippen molar-refractivity contribution in [1.29, 1.82) is 0 Å². The Bertz CT molecular complexity index is 606. The van der Waals surface area contributed by atoms with Crippen molar-refractivity contribution in [1.82, 2.24) is 5.32 Å². The van der Waals surface area contributed by atoms with Crippen LogP contribution in [0.2, 0.25) is 0 Å². The highest BCUT2D eigenvalue weighted by Crippen LogP contribution is 2.24. The summed E-state index contributed by atoms with van der Waals surface area (Å²) in [5, 5.41) is 3.68. The van der Waals surface area contributed by atoms with Crippen LogP contribution >= 0.6 is 0 Å². The summed E-state index contributed by atoms with van der Waals surface area (Å²) < 4.78 is 5.30. The van der Waals surface area contributed by atoms with Gasteiger partial charge in [0, 0.05) is 12.1 Å². The number of hydrogen-bond acceptors (Lipinski definition) is 2. The van der Waals surface area contributed by atoms with Gasteiger partial charge in [0.25, 0.3) is 0 Å². The molecule has 21 heavy (non-hydrogen) atoms. The van der Waals surface area contributed by atoms with Crippen LogP contribution in [0.5, 0.6) is 5.75 Å². The lowest BCUT2D eigenvalue weighted by atomic mass is 9.98. The van der Waals surface area contributed by atoms with Crippen molar-refractivity contribution in [3.05, 3.63) is 64.7 Å². The standard InChI is InChI=1S/C19H25NO/c1-13-9-10-14(2)19(11-13)16(4)20-15(3)17-7-6-8-18(12-17)21-5/h6-12,15-16,20H,1-5H3. The van der Waals surface area contributed by atoms with E-state index in [2.05, 4.69) is 63.3 Å². The number of rotatable bonds is 5. The third kappa shape index (κ3) is 3.85. The molecule has 2 atom stereocenters. The topological polar surface area (TPSA) is 21.3 Å². The van der Waals surface area contributed by atoms with Gasteiger partial charge < -0.3 is 10.1 Å². The molecule has 2 rings (SSSR count). The fourth-order valence-electron chi connectivity index (χ4n) is 2.70. The van der Waals surface area contributed by atoms with Gasteiger partial charge >= 0.3 is 0 Å². The summed E-state index contributed by atoms with van der Waals surface area (Å²) in [6, 6.07) is 15.4. The SMILES string of the molecule is COc1cccc(C(C)NC(C)c2cc(C)ccc2C)c1. The summed E-state index contributed by atoms with van der Waals surface area (Å²) in [6.07, 6.45) is 0. The molecule has 0 spiro atoms. The molecule has 2 heteroatoms. The van der Waals surface area contributed by atoms with Crippen molar-refractivity contribution in [2.75, 3.05) is 7.11 Å². The van der Waals surface area contributed by atoms with Gasteiger partial charge in [0.2, 0.25) is 0 Å². The second-order valence-electron chi connectivity index (χ2n) is 5.75. The average molecular weight is 283 g/mol. The molecule has 0 heterocycles. The van der Waals surface area contributed by atoms with E-state index in [1.807, 2.05) is 12.1 Å². The van der Waals surface area contributed by atoms with Crippen LogP contribution in [0.25, 0.3) is 0 Å². The van der Waals surface area contributed by atoms with E-state index < -0.39 is 0 Å². The fraction of sp³-hybridized carbons (Fsp3) is 0.368. The largest absolute Gasteiger partial charge is 0.497 e. The number of nitrogens with one attached hydrogen (secondary N) is 1. The fourth-order valence-corrected chi connectivity index (χ4v) is 2.70. The van der Waals surface area contributed by atoms with Gasteiger partial charge in [0.1, 0.15) is 5.75 Å². The summed E-state index contributed by atoms with van der Waals surface area (Å²) in [5.41, 5.74) is 5.24. The maximum absolute atomic E-state index is 5.30. The molecule has 2 aromatic carbocycles. The van der Waals surface area contributed by atoms with E-state index in [-0.39, 0.29) is 6.04 Å². The predicted molar refractivity (Wildman–Crippen MR) is 88.9 cm³/mol. The molecule has 0 fully saturated rings. The van der Waals surface area contributed by atoms with Gasteiger partial charge in [-0.25, -0.2) is 0 Å². The van der Waals surface area contributed by atoms with Crippen molar-refractivity contribution in [2.45, 2.75) is 39.8 Å². The summed E-state index contributed by atoms with van der Waals surface area (Å²) in [6.45, 7) is 8.72. The Balaban J connectivity index is 2.14. The third-order valence-electron chi connectivity index (χ3n) is 4.00. The van der Waals surface area contributed by atoms with Gasteiger partial charge in [-0.1, -0.05) is 35.9 Å². The molecule has 0 saturated carbocycles. The minimum atomic E-state index is 0.273. The Morgan fingerprint density at radius 3 is 2.43 bits per heavy atom. The van der Waals surface area contributed by atoms with Gasteiger partial charge in [-0.05, 0) is 56.5 Å². The van der Waals surface area contributed by atoms with Crippen LogP contribution in [-0.2, 0) is 0 Å². The monoisotopic (exact) mass is 283 g/mol. The van der Waals surface area contributed by atoms with Crippen LogP contribution in [-0.4, -0.2) is 7.11 Å². The molecule has 0 aromatic heterocycles. The first-order chi connectivity index (χ1) is 10.0. The lowest BCUT2D eigenvalue weighted by molar-refractivity contribution is 0.412. The minimum Gasteiger partial charge on any atom is -0.497 e. The van der Waals surface area contributed by atoms with Gasteiger partial charge in [-0.3, -0.25) is 0 Å². The van der Waals surface area contributed by atoms with Crippen molar-refractivity contribution in [3.63, 3.8) is 0 Å². The Morgan fingerprint density at radius 1 is 0.952 bits per heavy atom. The maximum atomic E-state index is 5.30. The Kier molecular flexibility index (Phi) is 5.03. The molecule has 0 aliphatic rings. The van der Waals surface area contributed by atoms with E-state index in [1.54, 1.807) is 7.11 Å². The van der Waals surface area contributed by atoms with Gasteiger partial charge in [-0.2, -0.15) is 0 Å². The quantitative estimate of drug-likeness (QED) is 0.857. The molecule has 2 nitrogen and oxygen atoms in total. The molecule has 0 bridgehead atoms. The lowest BCUT2D eigenvalue weighted by Crippen LogP contribution is -2.23. The molecule has 0 aliphatic heterocycles. The Morgan fingerprint density at radius 2 is 1.71 bits per heavy atom. The molecular weight excluding hydrogens is 258 g/mol. The minimum absolute atomic E-state index is 0.273. The zero-order chi connectivity index (χ0) is 15.4. The summed E-state index contributed by atoms with van der Waals surface area (Å²) in [5.74, 6) is 0.903. The molecular formula is C19H25NO. The molecule has 0 aliphatic carbocycles. The van der Waals surface area contributed by atoms with Crippen LogP contribution in [0.1, 0.15) is 48.2 Å². The predicted octanol–water partition coefficient (Wildman–Crippen LogP) is 4.72. The number of aryl methyl sites for hydroxylation is 2. The lowest BCUT2D eigenvalue weighted by Gasteiger charge is -2.23. The van der Waals surface area contributed by atoms with E-state index >= 15 is 0 Å². The van der Waals surface area contributed by atoms with E-state index in [0.717, 1.165) is 5.75 Å². The van der Waals surface area contributed by atoms with Crippen molar-refractivity contribution >= 4 is 0 Å². The van der Waals surface area contributed by atoms with Crippen LogP contribution < -0.4 is 10.1 Å². The van der Waals surface area contributed by atoms with Crippen LogP contribution in [0.4, 0.5) is 0 Å². The number of ether oxygens (including phenoxy) is 1. The highest BCUT2D eigenvalue weighted by molar-refractivity contribution is 5.34. The smallest absolute Gasteiger partial charge is 0.119 e. The summed E-state index contributed by atoms with van der Waals surface area (Å²) in [4.78, 5) is 0. The summed E-state index contributed by atoms with van der Waals surface area (Å²) in [7, 11) is 1.70. The normalized spacial score (nSPS) is 13.8. The third-order valence-corrected chi connectivity index (χ3v) is 4.00. The van der Waals surface area contributed by atoms with Gasteiger partial charge in [-0.15, -0.1) is 0 Å². The van der Waals surface area contributed by atoms with Crippen molar-refractivity contribution in [3.8, 4) is 5.75 Å². The van der Waals surface area contributed by atoms with Crippen LogP contribution in [0.3, 0.4) is 0 Å². The molecule has 0 radical (unpaired) electrons. The highest BCUT2D eigenvalue weighted by atomic mass is 16.5. The highest BCUT2D eigenvalue weighted by Gasteiger charge is 2.13. The van der Waals surface area contributed by atoms with Gasteiger partial charge in [0.05, 0.1) is 7.11 Å². The van der Waals surface area contributed by atoms with Crippen molar-refractivity contribution < 1.29 is 4.74 Å². The van der Waals surface area contributed by atoms with E-state index in [0.29, 0.717) is 6.04 Å². The molecule has 112 valence electrons. The molecule has 1 N–H and O–H groups in total. The molecule has 0 amide bonds. The van der Waals surface area contributed by atoms with Gasteiger partial charge in [0.15, 0.2) is 0 Å². The number of hydrogen-bond donors (Lipinski definition) is 1. The second-order valence-corrected chi connectivity index (χ2v) is 5.75. The number of methoxy groups -OCH3 is 1. The summed E-state index contributed by atoms with van der Waals surface area (Å²) >= 11 is 0. The molecule has 0 saturated heterocycles. The molecule has 2 unspecified atom stereocenters. The average Bonchev–Trinajstić information content (AvgIpc) is 2.49. The molecule has 2 aromatic rings. The first-order valence-electron chi connectivity index (χ1n) is 7.48. The Hall–Kier alpha value is -1.80. The van der Waals surface area contributed by atoms with E-state index in [1.165, 1.54) is 22.3 Å². The van der Waals surface area contributed by atoms with E-state index in [9.17, 15) is 0 Å².